The second-order valence-corrected chi connectivity index (χ2v) is 6.87. The fraction of sp³-hybridized carbons (Fsp3) is 0.333. The molecule has 2 aromatic carbocycles. The van der Waals surface area contributed by atoms with Gasteiger partial charge in [-0.25, -0.2) is 0 Å². The zero-order valence-electron chi connectivity index (χ0n) is 15.1. The molecule has 0 spiro atoms. The Labute approximate surface area is 153 Å². The Morgan fingerprint density at radius 2 is 1.96 bits per heavy atom. The molecule has 4 rings (SSSR count). The van der Waals surface area contributed by atoms with Gasteiger partial charge in [-0.3, -0.25) is 14.4 Å². The lowest BCUT2D eigenvalue weighted by atomic mass is 10.1. The molecule has 0 bridgehead atoms. The predicted molar refractivity (Wildman–Crippen MR) is 102 cm³/mol. The third-order valence-corrected chi connectivity index (χ3v) is 4.94. The Kier molecular flexibility index (Phi) is 4.71. The van der Waals surface area contributed by atoms with Crippen molar-refractivity contribution in [2.24, 2.45) is 0 Å². The number of rotatable bonds is 5. The Hall–Kier alpha value is -2.66. The van der Waals surface area contributed by atoms with Crippen molar-refractivity contribution in [1.29, 1.82) is 0 Å². The molecule has 1 aromatic heterocycles. The molecule has 134 valence electrons. The first-order valence-corrected chi connectivity index (χ1v) is 9.23. The summed E-state index contributed by atoms with van der Waals surface area (Å²) in [5.41, 5.74) is 3.50. The van der Waals surface area contributed by atoms with Crippen LogP contribution in [-0.4, -0.2) is 27.1 Å². The van der Waals surface area contributed by atoms with E-state index in [4.69, 9.17) is 0 Å². The quantitative estimate of drug-likeness (QED) is 0.771. The van der Waals surface area contributed by atoms with Crippen LogP contribution in [0.25, 0.3) is 10.8 Å². The van der Waals surface area contributed by atoms with E-state index >= 15 is 0 Å². The molecular formula is C21H24N4O. The highest BCUT2D eigenvalue weighted by Gasteiger charge is 2.18. The molecule has 26 heavy (non-hydrogen) atoms. The number of carbonyl (C=O) groups excluding carboxylic acids is 1. The van der Waals surface area contributed by atoms with E-state index < -0.39 is 0 Å². The summed E-state index contributed by atoms with van der Waals surface area (Å²) in [6, 6.07) is 17.3. The van der Waals surface area contributed by atoms with Crippen LogP contribution in [0.2, 0.25) is 0 Å². The molecule has 0 unspecified atom stereocenters. The van der Waals surface area contributed by atoms with E-state index in [-0.39, 0.29) is 5.91 Å². The van der Waals surface area contributed by atoms with E-state index in [0.717, 1.165) is 31.9 Å². The summed E-state index contributed by atoms with van der Waals surface area (Å²) in [6.45, 7) is 6.09. The average Bonchev–Trinajstić information content (AvgIpc) is 3.08. The lowest BCUT2D eigenvalue weighted by molar-refractivity contribution is -0.120. The summed E-state index contributed by atoms with van der Waals surface area (Å²) in [5.74, 6) is 0.0638. The highest BCUT2D eigenvalue weighted by atomic mass is 16.1. The molecule has 1 aliphatic rings. The van der Waals surface area contributed by atoms with Crippen LogP contribution in [0.1, 0.15) is 30.3 Å². The molecule has 1 N–H and O–H groups in total. The summed E-state index contributed by atoms with van der Waals surface area (Å²) >= 11 is 0. The number of benzene rings is 2. The van der Waals surface area contributed by atoms with E-state index in [2.05, 4.69) is 68.5 Å². The molecule has 5 nitrogen and oxygen atoms in total. The molecule has 0 radical (unpaired) electrons. The highest BCUT2D eigenvalue weighted by molar-refractivity contribution is 5.82. The van der Waals surface area contributed by atoms with Crippen LogP contribution in [0, 0.1) is 0 Å². The smallest absolute Gasteiger partial charge is 0.220 e. The van der Waals surface area contributed by atoms with Gasteiger partial charge in [0.25, 0.3) is 0 Å². The van der Waals surface area contributed by atoms with Crippen molar-refractivity contribution < 1.29 is 4.79 Å². The van der Waals surface area contributed by atoms with Crippen LogP contribution in [0.4, 0.5) is 0 Å². The number of fused-ring (bicyclic) bond motifs is 2. The van der Waals surface area contributed by atoms with Gasteiger partial charge < -0.3 is 5.32 Å². The fourth-order valence-electron chi connectivity index (χ4n) is 3.51. The number of hydrogen-bond acceptors (Lipinski definition) is 3. The molecule has 0 saturated heterocycles. The molecule has 1 aliphatic heterocycles. The summed E-state index contributed by atoms with van der Waals surface area (Å²) in [7, 11) is 0. The van der Waals surface area contributed by atoms with Crippen LogP contribution < -0.4 is 5.32 Å². The SMILES string of the molecule is CCC(=O)NCc1cc2n(n1)CCN(Cc1ccc3ccccc3c1)C2. The van der Waals surface area contributed by atoms with Gasteiger partial charge in [0.15, 0.2) is 0 Å². The minimum absolute atomic E-state index is 0.0638. The fourth-order valence-corrected chi connectivity index (χ4v) is 3.51. The third-order valence-electron chi connectivity index (χ3n) is 4.94. The maximum atomic E-state index is 11.4. The Morgan fingerprint density at radius 1 is 1.12 bits per heavy atom. The van der Waals surface area contributed by atoms with Gasteiger partial charge in [-0.05, 0) is 28.5 Å². The largest absolute Gasteiger partial charge is 0.350 e. The number of amides is 1. The van der Waals surface area contributed by atoms with Gasteiger partial charge in [-0.1, -0.05) is 43.3 Å². The summed E-state index contributed by atoms with van der Waals surface area (Å²) < 4.78 is 2.07. The molecular weight excluding hydrogens is 324 g/mol. The second-order valence-electron chi connectivity index (χ2n) is 6.87. The van der Waals surface area contributed by atoms with Crippen molar-refractivity contribution in [2.45, 2.75) is 39.5 Å². The molecule has 0 fully saturated rings. The van der Waals surface area contributed by atoms with Crippen molar-refractivity contribution in [2.75, 3.05) is 6.54 Å². The lowest BCUT2D eigenvalue weighted by Gasteiger charge is -2.27. The maximum absolute atomic E-state index is 11.4. The molecule has 3 aromatic rings. The first-order valence-electron chi connectivity index (χ1n) is 9.23. The molecule has 5 heteroatoms. The Bertz CT molecular complexity index is 931. The molecule has 0 atom stereocenters. The lowest BCUT2D eigenvalue weighted by Crippen LogP contribution is -2.33. The van der Waals surface area contributed by atoms with Crippen LogP contribution >= 0.6 is 0 Å². The first kappa shape index (κ1) is 16.8. The monoisotopic (exact) mass is 348 g/mol. The van der Waals surface area contributed by atoms with Gasteiger partial charge in [0.2, 0.25) is 5.91 Å². The predicted octanol–water partition coefficient (Wildman–Crippen LogP) is 3.08. The van der Waals surface area contributed by atoms with Crippen molar-refractivity contribution in [3.05, 3.63) is 65.5 Å². The van der Waals surface area contributed by atoms with E-state index in [1.807, 2.05) is 6.92 Å². The van der Waals surface area contributed by atoms with Gasteiger partial charge >= 0.3 is 0 Å². The molecule has 0 saturated carbocycles. The number of carbonyl (C=O) groups is 1. The number of hydrogen-bond donors (Lipinski definition) is 1. The van der Waals surface area contributed by atoms with E-state index in [9.17, 15) is 4.79 Å². The topological polar surface area (TPSA) is 50.2 Å². The maximum Gasteiger partial charge on any atom is 0.220 e. The van der Waals surface area contributed by atoms with Gasteiger partial charge in [0.05, 0.1) is 24.5 Å². The van der Waals surface area contributed by atoms with Gasteiger partial charge in [-0.2, -0.15) is 5.10 Å². The van der Waals surface area contributed by atoms with Crippen LogP contribution in [0.5, 0.6) is 0 Å². The zero-order valence-corrected chi connectivity index (χ0v) is 15.1. The number of nitrogens with one attached hydrogen (secondary N) is 1. The zero-order chi connectivity index (χ0) is 17.9. The van der Waals surface area contributed by atoms with Crippen LogP contribution in [0.3, 0.4) is 0 Å². The van der Waals surface area contributed by atoms with Crippen LogP contribution in [-0.2, 0) is 31.0 Å². The standard InChI is InChI=1S/C21H24N4O/c1-2-21(26)22-13-19-12-20-15-24(9-10-25(20)23-19)14-16-7-8-17-5-3-4-6-18(17)11-16/h3-8,11-12H,2,9-10,13-15H2,1H3,(H,22,26). The number of aromatic nitrogens is 2. The summed E-state index contributed by atoms with van der Waals surface area (Å²) in [6.07, 6.45) is 0.507. The second kappa shape index (κ2) is 7.30. The number of nitrogens with zero attached hydrogens (tertiary/aromatic N) is 3. The first-order chi connectivity index (χ1) is 12.7. The average molecular weight is 348 g/mol. The summed E-state index contributed by atoms with van der Waals surface area (Å²) in [4.78, 5) is 13.9. The van der Waals surface area contributed by atoms with Crippen LogP contribution in [0.15, 0.2) is 48.5 Å². The van der Waals surface area contributed by atoms with Gasteiger partial charge in [0.1, 0.15) is 0 Å². The van der Waals surface area contributed by atoms with E-state index in [1.165, 1.54) is 22.0 Å². The van der Waals surface area contributed by atoms with E-state index in [1.54, 1.807) is 0 Å². The van der Waals surface area contributed by atoms with Crippen molar-refractivity contribution in [3.63, 3.8) is 0 Å². The van der Waals surface area contributed by atoms with Gasteiger partial charge in [-0.15, -0.1) is 0 Å². The normalized spacial score (nSPS) is 14.3. The van der Waals surface area contributed by atoms with Gasteiger partial charge in [0, 0.05) is 26.1 Å². The van der Waals surface area contributed by atoms with Crippen molar-refractivity contribution >= 4 is 16.7 Å². The van der Waals surface area contributed by atoms with Crippen molar-refractivity contribution in [3.8, 4) is 0 Å². The summed E-state index contributed by atoms with van der Waals surface area (Å²) in [5, 5.41) is 10.1. The molecule has 0 aliphatic carbocycles. The third kappa shape index (κ3) is 3.63. The molecule has 2 heterocycles. The minimum Gasteiger partial charge on any atom is -0.350 e. The minimum atomic E-state index is 0.0638. The molecule has 1 amide bonds. The Morgan fingerprint density at radius 3 is 2.81 bits per heavy atom. The highest BCUT2D eigenvalue weighted by Crippen LogP contribution is 2.20. The van der Waals surface area contributed by atoms with E-state index in [0.29, 0.717) is 13.0 Å². The van der Waals surface area contributed by atoms with Crippen molar-refractivity contribution in [1.82, 2.24) is 20.0 Å². The Balaban J connectivity index is 1.42.